The lowest BCUT2D eigenvalue weighted by Crippen LogP contribution is -2.41. The molecular weight excluding hydrogens is 364 g/mol. The number of hydrogen-bond acceptors (Lipinski definition) is 3. The van der Waals surface area contributed by atoms with Gasteiger partial charge in [0.2, 0.25) is 5.91 Å². The smallest absolute Gasteiger partial charge is 0.272 e. The maximum atomic E-state index is 13.2. The van der Waals surface area contributed by atoms with E-state index in [1.165, 1.54) is 32.1 Å². The molecule has 0 bridgehead atoms. The molecule has 1 aliphatic heterocycles. The second-order valence-corrected chi connectivity index (χ2v) is 8.35. The van der Waals surface area contributed by atoms with Gasteiger partial charge < -0.3 is 14.8 Å². The van der Waals surface area contributed by atoms with Gasteiger partial charge in [-0.2, -0.15) is 0 Å². The number of rotatable bonds is 4. The first-order valence-corrected chi connectivity index (χ1v) is 10.8. The van der Waals surface area contributed by atoms with Crippen LogP contribution in [0.2, 0.25) is 0 Å². The quantitative estimate of drug-likeness (QED) is 0.861. The summed E-state index contributed by atoms with van der Waals surface area (Å²) in [5.74, 6) is 1.24. The molecule has 1 N–H and O–H groups in total. The van der Waals surface area contributed by atoms with Gasteiger partial charge in [0.1, 0.15) is 5.82 Å². The number of nitrogens with one attached hydrogen (secondary N) is 1. The van der Waals surface area contributed by atoms with Crippen molar-refractivity contribution in [3.05, 3.63) is 41.7 Å². The Morgan fingerprint density at radius 1 is 1.10 bits per heavy atom. The summed E-state index contributed by atoms with van der Waals surface area (Å²) < 4.78 is 2.11. The first kappa shape index (κ1) is 19.7. The molecule has 1 aromatic carbocycles. The number of aromatic nitrogens is 2. The molecule has 154 valence electrons. The van der Waals surface area contributed by atoms with Crippen LogP contribution in [0, 0.1) is 5.92 Å². The molecule has 2 amide bonds. The Hall–Kier alpha value is -2.63. The van der Waals surface area contributed by atoms with Crippen molar-refractivity contribution >= 4 is 11.8 Å². The molecule has 1 fully saturated rings. The Kier molecular flexibility index (Phi) is 5.69. The minimum atomic E-state index is -0.126. The minimum Gasteiger partial charge on any atom is -0.348 e. The number of amides is 2. The lowest BCUT2D eigenvalue weighted by atomic mass is 9.84. The molecule has 4 rings (SSSR count). The van der Waals surface area contributed by atoms with Gasteiger partial charge in [0.05, 0.1) is 12.2 Å². The van der Waals surface area contributed by atoms with E-state index in [0.29, 0.717) is 31.2 Å². The molecule has 2 aromatic rings. The van der Waals surface area contributed by atoms with Crippen molar-refractivity contribution in [3.8, 4) is 11.4 Å². The monoisotopic (exact) mass is 394 g/mol. The molecule has 1 saturated carbocycles. The Bertz CT molecular complexity index is 884. The van der Waals surface area contributed by atoms with Crippen LogP contribution in [-0.4, -0.2) is 38.9 Å². The summed E-state index contributed by atoms with van der Waals surface area (Å²) in [5.41, 5.74) is 2.28. The lowest BCUT2D eigenvalue weighted by molar-refractivity contribution is -0.130. The summed E-state index contributed by atoms with van der Waals surface area (Å²) in [6, 6.07) is 10.1. The zero-order valence-corrected chi connectivity index (χ0v) is 17.4. The zero-order valence-electron chi connectivity index (χ0n) is 17.4. The molecule has 0 radical (unpaired) electrons. The average molecular weight is 395 g/mol. The first-order valence-electron chi connectivity index (χ1n) is 10.8. The highest BCUT2D eigenvalue weighted by atomic mass is 16.2. The molecule has 29 heavy (non-hydrogen) atoms. The van der Waals surface area contributed by atoms with Crippen molar-refractivity contribution in [2.24, 2.45) is 5.92 Å². The van der Waals surface area contributed by atoms with E-state index in [4.69, 9.17) is 4.98 Å². The fourth-order valence-electron chi connectivity index (χ4n) is 4.65. The Labute approximate surface area is 172 Å². The molecule has 1 aromatic heterocycles. The molecule has 2 aliphatic rings. The summed E-state index contributed by atoms with van der Waals surface area (Å²) in [6.45, 7) is 5.40. The summed E-state index contributed by atoms with van der Waals surface area (Å²) in [5, 5.41) is 3.21. The number of benzene rings is 1. The number of fused-ring (bicyclic) bond motifs is 1. The highest BCUT2D eigenvalue weighted by Gasteiger charge is 2.30. The summed E-state index contributed by atoms with van der Waals surface area (Å²) >= 11 is 0. The molecule has 6 heteroatoms. The van der Waals surface area contributed by atoms with Crippen LogP contribution in [0.3, 0.4) is 0 Å². The van der Waals surface area contributed by atoms with Crippen LogP contribution < -0.4 is 5.32 Å². The topological polar surface area (TPSA) is 67.2 Å². The van der Waals surface area contributed by atoms with Gasteiger partial charge in [-0.3, -0.25) is 9.59 Å². The molecular formula is C23H30N4O2. The van der Waals surface area contributed by atoms with Gasteiger partial charge in [-0.25, -0.2) is 4.98 Å². The number of carbonyl (C=O) groups is 2. The molecule has 0 saturated heterocycles. The van der Waals surface area contributed by atoms with Crippen molar-refractivity contribution in [2.45, 2.75) is 65.1 Å². The van der Waals surface area contributed by atoms with Crippen molar-refractivity contribution in [1.82, 2.24) is 19.8 Å². The number of nitrogens with zero attached hydrogens (tertiary/aromatic N) is 3. The van der Waals surface area contributed by atoms with E-state index >= 15 is 0 Å². The first-order chi connectivity index (χ1) is 14.0. The van der Waals surface area contributed by atoms with E-state index in [1.807, 2.05) is 30.3 Å². The highest BCUT2D eigenvalue weighted by Crippen LogP contribution is 2.28. The van der Waals surface area contributed by atoms with Gasteiger partial charge in [-0.05, 0) is 25.7 Å². The summed E-state index contributed by atoms with van der Waals surface area (Å²) in [4.78, 5) is 31.7. The Morgan fingerprint density at radius 3 is 2.52 bits per heavy atom. The maximum absolute atomic E-state index is 13.2. The van der Waals surface area contributed by atoms with Gasteiger partial charge >= 0.3 is 0 Å². The molecule has 0 unspecified atom stereocenters. The van der Waals surface area contributed by atoms with Crippen molar-refractivity contribution in [3.63, 3.8) is 0 Å². The third kappa shape index (κ3) is 4.07. The predicted molar refractivity (Wildman–Crippen MR) is 112 cm³/mol. The van der Waals surface area contributed by atoms with Crippen LogP contribution in [0.15, 0.2) is 30.3 Å². The van der Waals surface area contributed by atoms with Crippen LogP contribution >= 0.6 is 0 Å². The zero-order chi connectivity index (χ0) is 20.4. The van der Waals surface area contributed by atoms with Crippen LogP contribution in [0.5, 0.6) is 0 Å². The van der Waals surface area contributed by atoms with E-state index in [2.05, 4.69) is 16.8 Å². The standard InChI is InChI=1S/C23H30N4O2/c1-16(18-9-5-3-6-10-18)24-23(29)21-20-15-26(17(2)28)13-14-27(20)22(25-21)19-11-7-4-8-12-19/h4,7-8,11-12,16,18H,3,5-6,9-10,13-15H2,1-2H3,(H,24,29)/t16-/m1/s1. The normalized spacial score (nSPS) is 18.2. The molecule has 2 heterocycles. The van der Waals surface area contributed by atoms with E-state index in [1.54, 1.807) is 11.8 Å². The lowest BCUT2D eigenvalue weighted by Gasteiger charge is -2.29. The Balaban J connectivity index is 1.64. The third-order valence-electron chi connectivity index (χ3n) is 6.41. The highest BCUT2D eigenvalue weighted by molar-refractivity contribution is 5.94. The SMILES string of the molecule is CC(=O)N1CCn2c(-c3ccccc3)nc(C(=O)N[C@H](C)C3CCCCC3)c2C1. The van der Waals surface area contributed by atoms with Gasteiger partial charge in [0, 0.05) is 31.6 Å². The molecule has 6 nitrogen and oxygen atoms in total. The van der Waals surface area contributed by atoms with Gasteiger partial charge in [0.25, 0.3) is 5.91 Å². The van der Waals surface area contributed by atoms with E-state index in [-0.39, 0.29) is 17.9 Å². The number of hydrogen-bond donors (Lipinski definition) is 1. The van der Waals surface area contributed by atoms with Crippen molar-refractivity contribution in [1.29, 1.82) is 0 Å². The van der Waals surface area contributed by atoms with Gasteiger partial charge in [0.15, 0.2) is 5.69 Å². The number of imidazole rings is 1. The molecule has 1 atom stereocenters. The van der Waals surface area contributed by atoms with Crippen LogP contribution in [0.25, 0.3) is 11.4 Å². The second kappa shape index (κ2) is 8.39. The average Bonchev–Trinajstić information content (AvgIpc) is 3.14. The van der Waals surface area contributed by atoms with E-state index in [9.17, 15) is 9.59 Å². The van der Waals surface area contributed by atoms with E-state index in [0.717, 1.165) is 17.1 Å². The second-order valence-electron chi connectivity index (χ2n) is 8.35. The maximum Gasteiger partial charge on any atom is 0.272 e. The van der Waals surface area contributed by atoms with Gasteiger partial charge in [-0.15, -0.1) is 0 Å². The number of carbonyl (C=O) groups excluding carboxylic acids is 2. The minimum absolute atomic E-state index is 0.0284. The van der Waals surface area contributed by atoms with Crippen LogP contribution in [-0.2, 0) is 17.9 Å². The third-order valence-corrected chi connectivity index (χ3v) is 6.41. The van der Waals surface area contributed by atoms with E-state index < -0.39 is 0 Å². The summed E-state index contributed by atoms with van der Waals surface area (Å²) in [6.07, 6.45) is 6.15. The fraction of sp³-hybridized carbons (Fsp3) is 0.522. The predicted octanol–water partition coefficient (Wildman–Crippen LogP) is 3.61. The van der Waals surface area contributed by atoms with Crippen molar-refractivity contribution < 1.29 is 9.59 Å². The molecule has 1 aliphatic carbocycles. The Morgan fingerprint density at radius 2 is 1.83 bits per heavy atom. The summed E-state index contributed by atoms with van der Waals surface area (Å²) in [7, 11) is 0. The van der Waals surface area contributed by atoms with Crippen LogP contribution in [0.1, 0.15) is 62.1 Å². The van der Waals surface area contributed by atoms with Crippen LogP contribution in [0.4, 0.5) is 0 Å². The van der Waals surface area contributed by atoms with Crippen molar-refractivity contribution in [2.75, 3.05) is 6.54 Å². The largest absolute Gasteiger partial charge is 0.348 e. The molecule has 0 spiro atoms. The fourth-order valence-corrected chi connectivity index (χ4v) is 4.65. The van der Waals surface area contributed by atoms with Gasteiger partial charge in [-0.1, -0.05) is 49.6 Å².